The summed E-state index contributed by atoms with van der Waals surface area (Å²) in [5.41, 5.74) is 6.16. The predicted octanol–water partition coefficient (Wildman–Crippen LogP) is 3.69. The van der Waals surface area contributed by atoms with Crippen LogP contribution in [0.25, 0.3) is 0 Å². The standard InChI is InChI=1S/C17H17Cl2N3O3/c18-12-5-1-3-7-14(12)21-17(23)11-16(20)22-25-10-9-24-15-8-4-2-6-13(15)19/h1-8H,9-11H2,(H2,20,22)(H,21,23). The maximum atomic E-state index is 11.9. The lowest BCUT2D eigenvalue weighted by Gasteiger charge is -2.08. The van der Waals surface area contributed by atoms with Gasteiger partial charge in [-0.1, -0.05) is 52.6 Å². The number of oxime groups is 1. The number of rotatable bonds is 8. The lowest BCUT2D eigenvalue weighted by molar-refractivity contribution is -0.115. The van der Waals surface area contributed by atoms with Crippen molar-refractivity contribution in [2.24, 2.45) is 10.9 Å². The number of para-hydroxylation sites is 2. The van der Waals surface area contributed by atoms with Gasteiger partial charge in [-0.3, -0.25) is 4.79 Å². The van der Waals surface area contributed by atoms with E-state index >= 15 is 0 Å². The number of halogens is 2. The molecule has 0 aromatic heterocycles. The van der Waals surface area contributed by atoms with Crippen LogP contribution in [0.5, 0.6) is 5.75 Å². The molecule has 0 saturated carbocycles. The number of amides is 1. The Balaban J connectivity index is 1.70. The number of nitrogens with two attached hydrogens (primary N) is 1. The van der Waals surface area contributed by atoms with Crippen LogP contribution in [0.15, 0.2) is 53.7 Å². The van der Waals surface area contributed by atoms with E-state index in [1.54, 1.807) is 36.4 Å². The summed E-state index contributed by atoms with van der Waals surface area (Å²) in [7, 11) is 0. The fourth-order valence-electron chi connectivity index (χ4n) is 1.83. The van der Waals surface area contributed by atoms with Crippen LogP contribution in [0, 0.1) is 0 Å². The van der Waals surface area contributed by atoms with Crippen LogP contribution in [0.3, 0.4) is 0 Å². The molecule has 25 heavy (non-hydrogen) atoms. The summed E-state index contributed by atoms with van der Waals surface area (Å²) in [6, 6.07) is 14.0. The molecular formula is C17H17Cl2N3O3. The Bertz CT molecular complexity index is 753. The minimum absolute atomic E-state index is 0.0438. The van der Waals surface area contributed by atoms with Crippen LogP contribution in [0.4, 0.5) is 5.69 Å². The first kappa shape index (κ1) is 18.9. The molecule has 3 N–H and O–H groups in total. The molecule has 0 saturated heterocycles. The first-order chi connectivity index (χ1) is 12.1. The van der Waals surface area contributed by atoms with Crippen LogP contribution in [0.2, 0.25) is 10.0 Å². The van der Waals surface area contributed by atoms with E-state index in [-0.39, 0.29) is 31.4 Å². The van der Waals surface area contributed by atoms with Crippen molar-refractivity contribution in [3.63, 3.8) is 0 Å². The van der Waals surface area contributed by atoms with Gasteiger partial charge in [0.25, 0.3) is 0 Å². The highest BCUT2D eigenvalue weighted by molar-refractivity contribution is 6.33. The molecule has 0 heterocycles. The van der Waals surface area contributed by atoms with Gasteiger partial charge in [0.1, 0.15) is 18.2 Å². The van der Waals surface area contributed by atoms with Gasteiger partial charge in [-0.15, -0.1) is 0 Å². The molecule has 0 aliphatic rings. The number of hydrogen-bond acceptors (Lipinski definition) is 4. The van der Waals surface area contributed by atoms with Crippen molar-refractivity contribution in [2.75, 3.05) is 18.5 Å². The lowest BCUT2D eigenvalue weighted by atomic mass is 10.3. The van der Waals surface area contributed by atoms with E-state index in [4.69, 9.17) is 38.5 Å². The highest BCUT2D eigenvalue weighted by Gasteiger charge is 2.08. The number of benzene rings is 2. The summed E-state index contributed by atoms with van der Waals surface area (Å²) in [4.78, 5) is 16.9. The zero-order valence-corrected chi connectivity index (χ0v) is 14.8. The second-order valence-corrected chi connectivity index (χ2v) is 5.71. The third-order valence-corrected chi connectivity index (χ3v) is 3.58. The molecular weight excluding hydrogens is 365 g/mol. The lowest BCUT2D eigenvalue weighted by Crippen LogP contribution is -2.22. The number of nitrogens with zero attached hydrogens (tertiary/aromatic N) is 1. The van der Waals surface area contributed by atoms with E-state index in [0.29, 0.717) is 21.5 Å². The predicted molar refractivity (Wildman–Crippen MR) is 99.2 cm³/mol. The molecule has 6 nitrogen and oxygen atoms in total. The topological polar surface area (TPSA) is 85.9 Å². The van der Waals surface area contributed by atoms with E-state index in [0.717, 1.165) is 0 Å². The number of carbonyl (C=O) groups excluding carboxylic acids is 1. The first-order valence-electron chi connectivity index (χ1n) is 7.42. The summed E-state index contributed by atoms with van der Waals surface area (Å²) in [6.07, 6.45) is -0.114. The van der Waals surface area contributed by atoms with Crippen molar-refractivity contribution < 1.29 is 14.4 Å². The van der Waals surface area contributed by atoms with Gasteiger partial charge in [-0.05, 0) is 24.3 Å². The quantitative estimate of drug-likeness (QED) is 0.316. The summed E-state index contributed by atoms with van der Waals surface area (Å²) in [5, 5.41) is 7.27. The van der Waals surface area contributed by atoms with Crippen molar-refractivity contribution in [3.8, 4) is 5.75 Å². The van der Waals surface area contributed by atoms with E-state index in [1.807, 2.05) is 12.1 Å². The van der Waals surface area contributed by atoms with Gasteiger partial charge < -0.3 is 20.6 Å². The molecule has 0 bridgehead atoms. The molecule has 132 valence electrons. The number of carbonyl (C=O) groups is 1. The SMILES string of the molecule is NC(CC(=O)Nc1ccccc1Cl)=NOCCOc1ccccc1Cl. The Morgan fingerprint density at radius 2 is 1.72 bits per heavy atom. The van der Waals surface area contributed by atoms with Crippen molar-refractivity contribution in [1.29, 1.82) is 0 Å². The van der Waals surface area contributed by atoms with Crippen molar-refractivity contribution in [2.45, 2.75) is 6.42 Å². The number of ether oxygens (including phenoxy) is 1. The van der Waals surface area contributed by atoms with E-state index < -0.39 is 0 Å². The maximum Gasteiger partial charge on any atom is 0.232 e. The van der Waals surface area contributed by atoms with Crippen LogP contribution < -0.4 is 15.8 Å². The van der Waals surface area contributed by atoms with Crippen LogP contribution in [0.1, 0.15) is 6.42 Å². The van der Waals surface area contributed by atoms with E-state index in [9.17, 15) is 4.79 Å². The second kappa shape index (κ2) is 9.76. The first-order valence-corrected chi connectivity index (χ1v) is 8.18. The summed E-state index contributed by atoms with van der Waals surface area (Å²) in [6.45, 7) is 0.407. The van der Waals surface area contributed by atoms with E-state index in [2.05, 4.69) is 10.5 Å². The Hall–Kier alpha value is -2.44. The molecule has 2 aromatic carbocycles. The third-order valence-electron chi connectivity index (χ3n) is 2.94. The van der Waals surface area contributed by atoms with Crippen molar-refractivity contribution >= 4 is 40.6 Å². The van der Waals surface area contributed by atoms with Crippen LogP contribution >= 0.6 is 23.2 Å². The molecule has 1 amide bonds. The Morgan fingerprint density at radius 1 is 1.04 bits per heavy atom. The Labute approximate surface area is 155 Å². The fraction of sp³-hybridized carbons (Fsp3) is 0.176. The average Bonchev–Trinajstić information content (AvgIpc) is 2.58. The summed E-state index contributed by atoms with van der Waals surface area (Å²) >= 11 is 11.9. The molecule has 0 aliphatic heterocycles. The maximum absolute atomic E-state index is 11.9. The van der Waals surface area contributed by atoms with Crippen molar-refractivity contribution in [3.05, 3.63) is 58.6 Å². The van der Waals surface area contributed by atoms with Gasteiger partial charge in [0, 0.05) is 0 Å². The molecule has 0 fully saturated rings. The zero-order valence-electron chi connectivity index (χ0n) is 13.2. The molecule has 2 rings (SSSR count). The molecule has 0 radical (unpaired) electrons. The Kier molecular flexibility index (Phi) is 7.37. The number of anilines is 1. The molecule has 0 unspecified atom stereocenters. The fourth-order valence-corrected chi connectivity index (χ4v) is 2.21. The van der Waals surface area contributed by atoms with E-state index in [1.165, 1.54) is 0 Å². The minimum Gasteiger partial charge on any atom is -0.488 e. The van der Waals surface area contributed by atoms with Gasteiger partial charge in [-0.25, -0.2) is 0 Å². The molecule has 0 spiro atoms. The summed E-state index contributed by atoms with van der Waals surface area (Å²) < 4.78 is 5.43. The van der Waals surface area contributed by atoms with Gasteiger partial charge in [-0.2, -0.15) is 0 Å². The molecule has 0 aliphatic carbocycles. The summed E-state index contributed by atoms with van der Waals surface area (Å²) in [5.74, 6) is 0.261. The number of amidine groups is 1. The van der Waals surface area contributed by atoms with Gasteiger partial charge >= 0.3 is 0 Å². The highest BCUT2D eigenvalue weighted by Crippen LogP contribution is 2.23. The minimum atomic E-state index is -0.342. The number of hydrogen-bond donors (Lipinski definition) is 2. The van der Waals surface area contributed by atoms with Gasteiger partial charge in [0.2, 0.25) is 5.91 Å². The molecule has 0 atom stereocenters. The van der Waals surface area contributed by atoms with Gasteiger partial charge in [0.15, 0.2) is 6.61 Å². The molecule has 2 aromatic rings. The van der Waals surface area contributed by atoms with Crippen molar-refractivity contribution in [1.82, 2.24) is 0 Å². The largest absolute Gasteiger partial charge is 0.488 e. The Morgan fingerprint density at radius 3 is 2.44 bits per heavy atom. The van der Waals surface area contributed by atoms with Crippen LogP contribution in [-0.4, -0.2) is 25.0 Å². The smallest absolute Gasteiger partial charge is 0.232 e. The average molecular weight is 382 g/mol. The highest BCUT2D eigenvalue weighted by atomic mass is 35.5. The van der Waals surface area contributed by atoms with Crippen LogP contribution in [-0.2, 0) is 9.63 Å². The third kappa shape index (κ3) is 6.52. The number of nitrogens with one attached hydrogen (secondary N) is 1. The van der Waals surface area contributed by atoms with Gasteiger partial charge in [0.05, 0.1) is 22.2 Å². The normalized spacial score (nSPS) is 11.0. The second-order valence-electron chi connectivity index (χ2n) is 4.90. The molecule has 8 heteroatoms. The zero-order chi connectivity index (χ0) is 18.1. The monoisotopic (exact) mass is 381 g/mol.